The minimum atomic E-state index is -0.515. The van der Waals surface area contributed by atoms with Crippen LogP contribution < -0.4 is 0 Å². The van der Waals surface area contributed by atoms with Gasteiger partial charge in [-0.1, -0.05) is 27.2 Å². The first kappa shape index (κ1) is 15.0. The molecule has 0 aliphatic heterocycles. The van der Waals surface area contributed by atoms with Crippen molar-refractivity contribution in [2.24, 2.45) is 39.9 Å². The number of fused-ring (bicyclic) bond motifs is 3. The molecule has 0 heterocycles. The van der Waals surface area contributed by atoms with E-state index in [-0.39, 0.29) is 5.92 Å². The molecule has 0 amide bonds. The summed E-state index contributed by atoms with van der Waals surface area (Å²) in [6.07, 6.45) is 11.5. The predicted octanol–water partition coefficient (Wildman–Crippen LogP) is 5.12. The second kappa shape index (κ2) is 4.51. The van der Waals surface area contributed by atoms with E-state index in [2.05, 4.69) is 20.8 Å². The fourth-order valence-electron chi connectivity index (χ4n) is 8.06. The minimum Gasteiger partial charge on any atom is -0.481 e. The summed E-state index contributed by atoms with van der Waals surface area (Å²) in [7, 11) is 0. The van der Waals surface area contributed by atoms with Crippen molar-refractivity contribution in [1.82, 2.24) is 0 Å². The van der Waals surface area contributed by atoms with E-state index in [9.17, 15) is 9.90 Å². The number of carboxylic acid groups (broad SMARTS) is 1. The van der Waals surface area contributed by atoms with E-state index in [1.54, 1.807) is 0 Å². The van der Waals surface area contributed by atoms with Gasteiger partial charge in [-0.3, -0.25) is 4.79 Å². The third kappa shape index (κ3) is 1.82. The van der Waals surface area contributed by atoms with Crippen molar-refractivity contribution in [2.45, 2.75) is 78.6 Å². The first-order valence-corrected chi connectivity index (χ1v) is 9.51. The summed E-state index contributed by atoms with van der Waals surface area (Å²) >= 11 is 0. The highest BCUT2D eigenvalue weighted by Crippen LogP contribution is 2.72. The molecule has 4 aliphatic rings. The molecule has 0 aromatic heterocycles. The van der Waals surface area contributed by atoms with Gasteiger partial charge in [-0.2, -0.15) is 0 Å². The molecule has 22 heavy (non-hydrogen) atoms. The van der Waals surface area contributed by atoms with Crippen molar-refractivity contribution in [2.75, 3.05) is 0 Å². The van der Waals surface area contributed by atoms with Crippen LogP contribution in [0, 0.1) is 39.9 Å². The van der Waals surface area contributed by atoms with Gasteiger partial charge in [0.1, 0.15) is 0 Å². The Kier molecular flexibility index (Phi) is 3.08. The molecule has 0 radical (unpaired) electrons. The SMILES string of the molecule is CC1(C)CCC[C@]2(C)C1CC[C@@]13C[C@@H](CCC12)[C@H](C(=O)O)C3. The van der Waals surface area contributed by atoms with Gasteiger partial charge in [-0.15, -0.1) is 0 Å². The highest BCUT2D eigenvalue weighted by Gasteiger charge is 2.64. The van der Waals surface area contributed by atoms with Crippen molar-refractivity contribution < 1.29 is 9.90 Å². The van der Waals surface area contributed by atoms with E-state index in [4.69, 9.17) is 0 Å². The summed E-state index contributed by atoms with van der Waals surface area (Å²) in [6, 6.07) is 0. The van der Waals surface area contributed by atoms with Gasteiger partial charge in [0, 0.05) is 0 Å². The smallest absolute Gasteiger partial charge is 0.306 e. The molecule has 2 heteroatoms. The lowest BCUT2D eigenvalue weighted by Gasteiger charge is -2.64. The number of aliphatic carboxylic acids is 1. The maximum Gasteiger partial charge on any atom is 0.306 e. The van der Waals surface area contributed by atoms with E-state index in [1.807, 2.05) is 0 Å². The van der Waals surface area contributed by atoms with Crippen LogP contribution in [0.5, 0.6) is 0 Å². The number of hydrogen-bond donors (Lipinski definition) is 1. The van der Waals surface area contributed by atoms with Crippen molar-refractivity contribution >= 4 is 5.97 Å². The van der Waals surface area contributed by atoms with Crippen molar-refractivity contribution in [3.8, 4) is 0 Å². The Bertz CT molecular complexity index is 496. The second-order valence-electron chi connectivity index (χ2n) is 10.0. The lowest BCUT2D eigenvalue weighted by atomic mass is 9.41. The Morgan fingerprint density at radius 1 is 0.955 bits per heavy atom. The van der Waals surface area contributed by atoms with E-state index in [0.29, 0.717) is 22.2 Å². The Balaban J connectivity index is 1.70. The molecule has 4 aliphatic carbocycles. The first-order chi connectivity index (χ1) is 10.3. The largest absolute Gasteiger partial charge is 0.481 e. The van der Waals surface area contributed by atoms with E-state index in [1.165, 1.54) is 51.4 Å². The average Bonchev–Trinajstić information content (AvgIpc) is 2.69. The van der Waals surface area contributed by atoms with Crippen LogP contribution >= 0.6 is 0 Å². The normalized spacial score (nSPS) is 52.7. The van der Waals surface area contributed by atoms with Gasteiger partial charge in [0.05, 0.1) is 5.92 Å². The molecule has 1 N–H and O–H groups in total. The molecule has 4 rings (SSSR count). The van der Waals surface area contributed by atoms with Crippen LogP contribution in [0.4, 0.5) is 0 Å². The van der Waals surface area contributed by atoms with Crippen LogP contribution in [0.15, 0.2) is 0 Å². The third-order valence-corrected chi connectivity index (χ3v) is 8.75. The van der Waals surface area contributed by atoms with Gasteiger partial charge in [0.15, 0.2) is 0 Å². The zero-order chi connectivity index (χ0) is 15.8. The fraction of sp³-hybridized carbons (Fsp3) is 0.950. The maximum absolute atomic E-state index is 11.7. The molecule has 2 unspecified atom stereocenters. The minimum absolute atomic E-state index is 0.0400. The van der Waals surface area contributed by atoms with E-state index in [0.717, 1.165) is 18.3 Å². The van der Waals surface area contributed by atoms with Gasteiger partial charge in [-0.05, 0) is 85.4 Å². The van der Waals surface area contributed by atoms with Gasteiger partial charge in [0.2, 0.25) is 0 Å². The lowest BCUT2D eigenvalue weighted by molar-refractivity contribution is -0.146. The zero-order valence-electron chi connectivity index (χ0n) is 14.5. The summed E-state index contributed by atoms with van der Waals surface area (Å²) in [5.41, 5.74) is 1.33. The predicted molar refractivity (Wildman–Crippen MR) is 87.5 cm³/mol. The van der Waals surface area contributed by atoms with Crippen molar-refractivity contribution in [3.63, 3.8) is 0 Å². The van der Waals surface area contributed by atoms with Crippen LogP contribution in [0.25, 0.3) is 0 Å². The fourth-order valence-corrected chi connectivity index (χ4v) is 8.06. The van der Waals surface area contributed by atoms with Gasteiger partial charge in [0.25, 0.3) is 0 Å². The third-order valence-electron chi connectivity index (χ3n) is 8.75. The molecule has 4 saturated carbocycles. The quantitative estimate of drug-likeness (QED) is 0.730. The summed E-state index contributed by atoms with van der Waals surface area (Å²) in [5.74, 6) is 1.56. The first-order valence-electron chi connectivity index (χ1n) is 9.51. The van der Waals surface area contributed by atoms with Gasteiger partial charge >= 0.3 is 5.97 Å². The Morgan fingerprint density at radius 2 is 1.73 bits per heavy atom. The maximum atomic E-state index is 11.7. The molecule has 0 aromatic carbocycles. The van der Waals surface area contributed by atoms with Crippen LogP contribution in [0.3, 0.4) is 0 Å². The molecule has 2 nitrogen and oxygen atoms in total. The highest BCUT2D eigenvalue weighted by molar-refractivity contribution is 5.71. The summed E-state index contributed by atoms with van der Waals surface area (Å²) in [5, 5.41) is 9.63. The summed E-state index contributed by atoms with van der Waals surface area (Å²) in [4.78, 5) is 11.7. The van der Waals surface area contributed by atoms with Crippen LogP contribution in [-0.2, 0) is 4.79 Å². The number of rotatable bonds is 1. The second-order valence-corrected chi connectivity index (χ2v) is 10.0. The van der Waals surface area contributed by atoms with E-state index >= 15 is 0 Å². The molecule has 1 spiro atoms. The molecule has 6 atom stereocenters. The molecule has 4 fully saturated rings. The van der Waals surface area contributed by atoms with E-state index < -0.39 is 5.97 Å². The average molecular weight is 304 g/mol. The lowest BCUT2D eigenvalue weighted by Crippen LogP contribution is -2.55. The van der Waals surface area contributed by atoms with Gasteiger partial charge in [-0.25, -0.2) is 0 Å². The number of hydrogen-bond acceptors (Lipinski definition) is 1. The summed E-state index contributed by atoms with van der Waals surface area (Å²) < 4.78 is 0. The molecular weight excluding hydrogens is 272 g/mol. The monoisotopic (exact) mass is 304 g/mol. The Morgan fingerprint density at radius 3 is 2.45 bits per heavy atom. The Hall–Kier alpha value is -0.530. The topological polar surface area (TPSA) is 37.3 Å². The number of carboxylic acids is 1. The number of carbonyl (C=O) groups is 1. The molecular formula is C20H32O2. The Labute approximate surface area is 135 Å². The molecule has 0 aromatic rings. The van der Waals surface area contributed by atoms with Crippen molar-refractivity contribution in [1.29, 1.82) is 0 Å². The summed E-state index contributed by atoms with van der Waals surface area (Å²) in [6.45, 7) is 7.57. The molecule has 2 bridgehead atoms. The zero-order valence-corrected chi connectivity index (χ0v) is 14.5. The van der Waals surface area contributed by atoms with Crippen LogP contribution in [0.2, 0.25) is 0 Å². The molecule has 124 valence electrons. The molecule has 0 saturated heterocycles. The standard InChI is InChI=1S/C20H32O2/c1-18(2)8-4-9-19(3)15(18)7-10-20-11-13(5-6-16(19)20)14(12-20)17(21)22/h13-16H,4-12H2,1-3H3,(H,21,22)/t13-,14-,15?,16?,19-,20+/m1/s1. The highest BCUT2D eigenvalue weighted by atomic mass is 16.4. The van der Waals surface area contributed by atoms with Crippen LogP contribution in [-0.4, -0.2) is 11.1 Å². The van der Waals surface area contributed by atoms with Crippen molar-refractivity contribution in [3.05, 3.63) is 0 Å². The van der Waals surface area contributed by atoms with Gasteiger partial charge < -0.3 is 5.11 Å². The van der Waals surface area contributed by atoms with Crippen LogP contribution in [0.1, 0.15) is 78.6 Å².